The fourth-order valence-electron chi connectivity index (χ4n) is 2.11. The molecule has 0 heterocycles. The third kappa shape index (κ3) is 3.62. The highest BCUT2D eigenvalue weighted by atomic mass is 16.5. The molecule has 0 amide bonds. The summed E-state index contributed by atoms with van der Waals surface area (Å²) in [6.45, 7) is 5.33. The molecule has 0 saturated heterocycles. The van der Waals surface area contributed by atoms with Gasteiger partial charge >= 0.3 is 0 Å². The molecule has 1 rings (SSSR count). The molecular weight excluding hydrogens is 198 g/mol. The largest absolute Gasteiger partial charge is 0.375 e. The van der Waals surface area contributed by atoms with Gasteiger partial charge in [-0.25, -0.2) is 0 Å². The Morgan fingerprint density at radius 2 is 1.88 bits per heavy atom. The Hall–Kier alpha value is -0.860. The molecule has 0 saturated carbocycles. The van der Waals surface area contributed by atoms with E-state index >= 15 is 0 Å². The quantitative estimate of drug-likeness (QED) is 0.763. The van der Waals surface area contributed by atoms with Crippen molar-refractivity contribution in [3.05, 3.63) is 35.9 Å². The highest BCUT2D eigenvalue weighted by Gasteiger charge is 2.20. The molecule has 90 valence electrons. The summed E-state index contributed by atoms with van der Waals surface area (Å²) in [5.41, 5.74) is 1.25. The number of nitrogens with one attached hydrogen (secondary N) is 1. The van der Waals surface area contributed by atoms with Crippen LogP contribution in [-0.4, -0.2) is 19.7 Å². The van der Waals surface area contributed by atoms with Gasteiger partial charge in [-0.1, -0.05) is 50.6 Å². The summed E-state index contributed by atoms with van der Waals surface area (Å²) in [6, 6.07) is 10.8. The first-order valence-corrected chi connectivity index (χ1v) is 6.14. The van der Waals surface area contributed by atoms with Crippen LogP contribution in [0, 0.1) is 0 Å². The molecule has 0 aromatic heterocycles. The van der Waals surface area contributed by atoms with Gasteiger partial charge in [0.2, 0.25) is 0 Å². The molecular formula is C14H23NO. The summed E-state index contributed by atoms with van der Waals surface area (Å²) in [5, 5.41) is 3.51. The van der Waals surface area contributed by atoms with Crippen LogP contribution >= 0.6 is 0 Å². The Morgan fingerprint density at radius 1 is 1.19 bits per heavy atom. The molecule has 1 aromatic rings. The standard InChI is InChI=1S/C14H23NO/c1-4-9-13(15-5-2)14(16-3)12-10-7-6-8-11-12/h6-8,10-11,13-15H,4-5,9H2,1-3H3. The van der Waals surface area contributed by atoms with Gasteiger partial charge in [0.1, 0.15) is 0 Å². The molecule has 0 aliphatic carbocycles. The van der Waals surface area contributed by atoms with Gasteiger partial charge < -0.3 is 10.1 Å². The fraction of sp³-hybridized carbons (Fsp3) is 0.571. The van der Waals surface area contributed by atoms with Crippen molar-refractivity contribution in [3.63, 3.8) is 0 Å². The lowest BCUT2D eigenvalue weighted by atomic mass is 9.98. The van der Waals surface area contributed by atoms with E-state index in [1.807, 2.05) is 6.07 Å². The smallest absolute Gasteiger partial charge is 0.0973 e. The maximum Gasteiger partial charge on any atom is 0.0973 e. The summed E-state index contributed by atoms with van der Waals surface area (Å²) in [6.07, 6.45) is 2.46. The lowest BCUT2D eigenvalue weighted by Gasteiger charge is -2.26. The van der Waals surface area contributed by atoms with Crippen LogP contribution in [0.5, 0.6) is 0 Å². The number of hydrogen-bond acceptors (Lipinski definition) is 2. The minimum Gasteiger partial charge on any atom is -0.375 e. The van der Waals surface area contributed by atoms with Crippen LogP contribution in [0.2, 0.25) is 0 Å². The van der Waals surface area contributed by atoms with Crippen LogP contribution in [0.3, 0.4) is 0 Å². The Morgan fingerprint density at radius 3 is 2.38 bits per heavy atom. The van der Waals surface area contributed by atoms with E-state index in [2.05, 4.69) is 43.4 Å². The van der Waals surface area contributed by atoms with Crippen molar-refractivity contribution in [2.45, 2.75) is 38.8 Å². The molecule has 1 N–H and O–H groups in total. The number of likely N-dealkylation sites (N-methyl/N-ethyl adjacent to an activating group) is 1. The Bertz CT molecular complexity index is 267. The SMILES string of the molecule is CCCC(NCC)C(OC)c1ccccc1. The summed E-state index contributed by atoms with van der Waals surface area (Å²) in [4.78, 5) is 0. The summed E-state index contributed by atoms with van der Waals surface area (Å²) in [5.74, 6) is 0. The minimum atomic E-state index is 0.154. The molecule has 2 unspecified atom stereocenters. The van der Waals surface area contributed by atoms with Crippen molar-refractivity contribution in [1.82, 2.24) is 5.32 Å². The zero-order valence-corrected chi connectivity index (χ0v) is 10.6. The van der Waals surface area contributed by atoms with E-state index in [1.165, 1.54) is 12.0 Å². The van der Waals surface area contributed by atoms with Gasteiger partial charge in [0, 0.05) is 13.2 Å². The highest BCUT2D eigenvalue weighted by molar-refractivity contribution is 5.19. The second-order valence-corrected chi connectivity index (χ2v) is 4.02. The van der Waals surface area contributed by atoms with Gasteiger partial charge in [-0.2, -0.15) is 0 Å². The van der Waals surface area contributed by atoms with Crippen LogP contribution in [-0.2, 0) is 4.74 Å². The first kappa shape index (κ1) is 13.2. The highest BCUT2D eigenvalue weighted by Crippen LogP contribution is 2.23. The molecule has 0 spiro atoms. The van der Waals surface area contributed by atoms with E-state index in [4.69, 9.17) is 4.74 Å². The first-order valence-electron chi connectivity index (χ1n) is 6.14. The van der Waals surface area contributed by atoms with E-state index < -0.39 is 0 Å². The lowest BCUT2D eigenvalue weighted by Crippen LogP contribution is -2.35. The molecule has 0 fully saturated rings. The van der Waals surface area contributed by atoms with Gasteiger partial charge in [-0.3, -0.25) is 0 Å². The molecule has 0 aliphatic rings. The molecule has 16 heavy (non-hydrogen) atoms. The third-order valence-electron chi connectivity index (χ3n) is 2.81. The average molecular weight is 221 g/mol. The fourth-order valence-corrected chi connectivity index (χ4v) is 2.11. The van der Waals surface area contributed by atoms with Gasteiger partial charge in [0.15, 0.2) is 0 Å². The predicted octanol–water partition coefficient (Wildman–Crippen LogP) is 3.15. The van der Waals surface area contributed by atoms with Crippen LogP contribution < -0.4 is 5.32 Å². The normalized spacial score (nSPS) is 14.7. The Kier molecular flexibility index (Phi) is 6.12. The van der Waals surface area contributed by atoms with Crippen molar-refractivity contribution in [1.29, 1.82) is 0 Å². The van der Waals surface area contributed by atoms with Gasteiger partial charge in [0.25, 0.3) is 0 Å². The van der Waals surface area contributed by atoms with Crippen molar-refractivity contribution < 1.29 is 4.74 Å². The second-order valence-electron chi connectivity index (χ2n) is 4.02. The zero-order chi connectivity index (χ0) is 11.8. The van der Waals surface area contributed by atoms with Gasteiger partial charge in [0.05, 0.1) is 6.10 Å². The zero-order valence-electron chi connectivity index (χ0n) is 10.6. The van der Waals surface area contributed by atoms with Crippen LogP contribution in [0.25, 0.3) is 0 Å². The molecule has 0 bridgehead atoms. The van der Waals surface area contributed by atoms with E-state index in [9.17, 15) is 0 Å². The van der Waals surface area contributed by atoms with Crippen LogP contribution in [0.1, 0.15) is 38.4 Å². The summed E-state index contributed by atoms with van der Waals surface area (Å²) < 4.78 is 5.64. The monoisotopic (exact) mass is 221 g/mol. The van der Waals surface area contributed by atoms with E-state index in [-0.39, 0.29) is 6.10 Å². The number of benzene rings is 1. The van der Waals surface area contributed by atoms with E-state index in [0.29, 0.717) is 6.04 Å². The summed E-state index contributed by atoms with van der Waals surface area (Å²) in [7, 11) is 1.79. The minimum absolute atomic E-state index is 0.154. The number of hydrogen-bond donors (Lipinski definition) is 1. The van der Waals surface area contributed by atoms with Crippen LogP contribution in [0.4, 0.5) is 0 Å². The predicted molar refractivity (Wildman–Crippen MR) is 68.6 cm³/mol. The Balaban J connectivity index is 2.77. The Labute approximate surface area is 99.0 Å². The van der Waals surface area contributed by atoms with Gasteiger partial charge in [-0.05, 0) is 18.5 Å². The maximum absolute atomic E-state index is 5.64. The van der Waals surface area contributed by atoms with Crippen molar-refractivity contribution >= 4 is 0 Å². The molecule has 2 nitrogen and oxygen atoms in total. The number of methoxy groups -OCH3 is 1. The topological polar surface area (TPSA) is 21.3 Å². The summed E-state index contributed by atoms with van der Waals surface area (Å²) >= 11 is 0. The third-order valence-corrected chi connectivity index (χ3v) is 2.81. The van der Waals surface area contributed by atoms with Gasteiger partial charge in [-0.15, -0.1) is 0 Å². The molecule has 2 atom stereocenters. The average Bonchev–Trinajstić information content (AvgIpc) is 2.32. The van der Waals surface area contributed by atoms with Crippen molar-refractivity contribution in [3.8, 4) is 0 Å². The van der Waals surface area contributed by atoms with E-state index in [1.54, 1.807) is 7.11 Å². The molecule has 0 radical (unpaired) electrons. The number of ether oxygens (including phenoxy) is 1. The first-order chi connectivity index (χ1) is 7.83. The van der Waals surface area contributed by atoms with Crippen LogP contribution in [0.15, 0.2) is 30.3 Å². The second kappa shape index (κ2) is 7.42. The van der Waals surface area contributed by atoms with Crippen molar-refractivity contribution in [2.75, 3.05) is 13.7 Å². The van der Waals surface area contributed by atoms with Crippen molar-refractivity contribution in [2.24, 2.45) is 0 Å². The maximum atomic E-state index is 5.64. The number of rotatable bonds is 7. The lowest BCUT2D eigenvalue weighted by molar-refractivity contribution is 0.0652. The van der Waals surface area contributed by atoms with E-state index in [0.717, 1.165) is 13.0 Å². The molecule has 2 heteroatoms. The molecule has 1 aromatic carbocycles. The molecule has 0 aliphatic heterocycles.